The maximum Gasteiger partial charge on any atom is 0.323 e. The molecule has 0 aliphatic carbocycles. The molecule has 0 amide bonds. The molecule has 0 saturated heterocycles. The summed E-state index contributed by atoms with van der Waals surface area (Å²) in [6.07, 6.45) is 0. The number of hydrogen-bond donors (Lipinski definition) is 2. The lowest BCUT2D eigenvalue weighted by Gasteiger charge is -2.09. The number of aryl methyl sites for hydroxylation is 1. The number of sulfonamides is 1. The second-order valence-corrected chi connectivity index (χ2v) is 5.46. The first-order valence-electron chi connectivity index (χ1n) is 5.36. The number of nitrogens with one attached hydrogen (secondary N) is 1. The Morgan fingerprint density at radius 2 is 2.11 bits per heavy atom. The second-order valence-electron chi connectivity index (χ2n) is 3.74. The Labute approximate surface area is 106 Å². The standard InChI is InChI=1S/C11H16N2O4S/c1-3-17-11(14)7-18(15,16)13-9-4-5-10(12)8(2)6-9/h4-6,13H,3,7,12H2,1-2H3. The quantitative estimate of drug-likeness (QED) is 0.612. The molecule has 0 aromatic heterocycles. The highest BCUT2D eigenvalue weighted by Crippen LogP contribution is 2.17. The van der Waals surface area contributed by atoms with E-state index in [2.05, 4.69) is 9.46 Å². The van der Waals surface area contributed by atoms with Crippen LogP contribution in [0.2, 0.25) is 0 Å². The van der Waals surface area contributed by atoms with Crippen LogP contribution in [0.4, 0.5) is 11.4 Å². The molecule has 0 saturated carbocycles. The minimum absolute atomic E-state index is 0.148. The summed E-state index contributed by atoms with van der Waals surface area (Å²) in [6.45, 7) is 3.52. The zero-order chi connectivity index (χ0) is 13.8. The molecule has 1 aromatic carbocycles. The van der Waals surface area contributed by atoms with Gasteiger partial charge in [-0.25, -0.2) is 8.42 Å². The summed E-state index contributed by atoms with van der Waals surface area (Å²) in [5.41, 5.74) is 7.32. The summed E-state index contributed by atoms with van der Waals surface area (Å²) in [4.78, 5) is 11.1. The van der Waals surface area contributed by atoms with Crippen molar-refractivity contribution in [1.29, 1.82) is 0 Å². The molecule has 6 nitrogen and oxygen atoms in total. The van der Waals surface area contributed by atoms with Gasteiger partial charge in [-0.05, 0) is 37.6 Å². The number of rotatable bonds is 5. The third-order valence-electron chi connectivity index (χ3n) is 2.16. The molecule has 7 heteroatoms. The fourth-order valence-corrected chi connectivity index (χ4v) is 2.26. The molecule has 18 heavy (non-hydrogen) atoms. The molecule has 0 spiro atoms. The van der Waals surface area contributed by atoms with Crippen molar-refractivity contribution in [3.8, 4) is 0 Å². The SMILES string of the molecule is CCOC(=O)CS(=O)(=O)Nc1ccc(N)c(C)c1. The van der Waals surface area contributed by atoms with Gasteiger partial charge in [-0.1, -0.05) is 0 Å². The molecular weight excluding hydrogens is 256 g/mol. The van der Waals surface area contributed by atoms with Crippen LogP contribution in [0.15, 0.2) is 18.2 Å². The fraction of sp³-hybridized carbons (Fsp3) is 0.364. The summed E-state index contributed by atoms with van der Waals surface area (Å²) in [7, 11) is -3.75. The van der Waals surface area contributed by atoms with E-state index in [0.29, 0.717) is 11.4 Å². The Balaban J connectivity index is 2.76. The van der Waals surface area contributed by atoms with E-state index in [0.717, 1.165) is 5.56 Å². The summed E-state index contributed by atoms with van der Waals surface area (Å²) >= 11 is 0. The maximum absolute atomic E-state index is 11.6. The molecule has 3 N–H and O–H groups in total. The summed E-state index contributed by atoms with van der Waals surface area (Å²) in [5.74, 6) is -1.48. The lowest BCUT2D eigenvalue weighted by atomic mass is 10.2. The topological polar surface area (TPSA) is 98.5 Å². The molecule has 100 valence electrons. The number of nitrogen functional groups attached to an aromatic ring is 1. The van der Waals surface area contributed by atoms with E-state index >= 15 is 0 Å². The van der Waals surface area contributed by atoms with Gasteiger partial charge in [-0.2, -0.15) is 0 Å². The van der Waals surface area contributed by atoms with Gasteiger partial charge >= 0.3 is 5.97 Å². The fourth-order valence-electron chi connectivity index (χ4n) is 1.31. The van der Waals surface area contributed by atoms with Crippen molar-refractivity contribution in [2.24, 2.45) is 0 Å². The van der Waals surface area contributed by atoms with Gasteiger partial charge in [-0.15, -0.1) is 0 Å². The van der Waals surface area contributed by atoms with Crippen LogP contribution in [-0.4, -0.2) is 26.7 Å². The first kappa shape index (κ1) is 14.3. The van der Waals surface area contributed by atoms with Crippen LogP contribution < -0.4 is 10.5 Å². The van der Waals surface area contributed by atoms with Crippen molar-refractivity contribution in [3.05, 3.63) is 23.8 Å². The highest BCUT2D eigenvalue weighted by Gasteiger charge is 2.17. The predicted octanol–water partition coefficient (Wildman–Crippen LogP) is 0.882. The van der Waals surface area contributed by atoms with E-state index in [1.807, 2.05) is 0 Å². The number of esters is 1. The van der Waals surface area contributed by atoms with Crippen molar-refractivity contribution in [2.45, 2.75) is 13.8 Å². The van der Waals surface area contributed by atoms with Crippen LogP contribution in [0.1, 0.15) is 12.5 Å². The van der Waals surface area contributed by atoms with Gasteiger partial charge < -0.3 is 10.5 Å². The zero-order valence-electron chi connectivity index (χ0n) is 10.3. The van der Waals surface area contributed by atoms with Gasteiger partial charge in [-0.3, -0.25) is 9.52 Å². The van der Waals surface area contributed by atoms with Gasteiger partial charge in [0.2, 0.25) is 10.0 Å². The molecule has 0 bridgehead atoms. The summed E-state index contributed by atoms with van der Waals surface area (Å²) in [5, 5.41) is 0. The Hall–Kier alpha value is -1.76. The minimum atomic E-state index is -3.75. The molecule has 0 heterocycles. The Bertz CT molecular complexity index is 540. The monoisotopic (exact) mass is 272 g/mol. The number of anilines is 2. The maximum atomic E-state index is 11.6. The molecule has 1 aromatic rings. The van der Waals surface area contributed by atoms with E-state index in [4.69, 9.17) is 5.73 Å². The molecule has 0 unspecified atom stereocenters. The molecule has 0 radical (unpaired) electrons. The van der Waals surface area contributed by atoms with Crippen LogP contribution in [0.3, 0.4) is 0 Å². The van der Waals surface area contributed by atoms with Crippen LogP contribution in [0, 0.1) is 6.92 Å². The van der Waals surface area contributed by atoms with E-state index in [1.165, 1.54) is 6.07 Å². The first-order chi connectivity index (χ1) is 8.34. The lowest BCUT2D eigenvalue weighted by molar-refractivity contribution is -0.139. The largest absolute Gasteiger partial charge is 0.465 e. The van der Waals surface area contributed by atoms with E-state index in [9.17, 15) is 13.2 Å². The number of carbonyl (C=O) groups excluding carboxylic acids is 1. The molecular formula is C11H16N2O4S. The number of benzene rings is 1. The van der Waals surface area contributed by atoms with Crippen molar-refractivity contribution >= 4 is 27.4 Å². The molecule has 0 aliphatic heterocycles. The van der Waals surface area contributed by atoms with Crippen LogP contribution in [-0.2, 0) is 19.6 Å². The smallest absolute Gasteiger partial charge is 0.323 e. The van der Waals surface area contributed by atoms with E-state index in [1.54, 1.807) is 26.0 Å². The minimum Gasteiger partial charge on any atom is -0.465 e. The Kier molecular flexibility index (Phi) is 4.55. The summed E-state index contributed by atoms with van der Waals surface area (Å²) < 4.78 is 30.1. The van der Waals surface area contributed by atoms with Gasteiger partial charge in [0.15, 0.2) is 5.75 Å². The van der Waals surface area contributed by atoms with Crippen molar-refractivity contribution in [2.75, 3.05) is 22.8 Å². The zero-order valence-corrected chi connectivity index (χ0v) is 11.1. The number of nitrogens with two attached hydrogens (primary N) is 1. The average molecular weight is 272 g/mol. The third-order valence-corrected chi connectivity index (χ3v) is 3.32. The van der Waals surface area contributed by atoms with Crippen LogP contribution in [0.25, 0.3) is 0 Å². The van der Waals surface area contributed by atoms with E-state index in [-0.39, 0.29) is 6.61 Å². The van der Waals surface area contributed by atoms with Crippen LogP contribution >= 0.6 is 0 Å². The van der Waals surface area contributed by atoms with Gasteiger partial charge in [0.1, 0.15) is 0 Å². The molecule has 1 rings (SSSR count). The van der Waals surface area contributed by atoms with E-state index < -0.39 is 21.7 Å². The molecule has 0 fully saturated rings. The Morgan fingerprint density at radius 1 is 1.44 bits per heavy atom. The van der Waals surface area contributed by atoms with Crippen molar-refractivity contribution in [1.82, 2.24) is 0 Å². The third kappa shape index (κ3) is 4.25. The highest BCUT2D eigenvalue weighted by atomic mass is 32.2. The number of carbonyl (C=O) groups is 1. The normalized spacial score (nSPS) is 11.0. The number of hydrogen-bond acceptors (Lipinski definition) is 5. The molecule has 0 atom stereocenters. The average Bonchev–Trinajstić information content (AvgIpc) is 2.22. The van der Waals surface area contributed by atoms with Gasteiger partial charge in [0.25, 0.3) is 0 Å². The highest BCUT2D eigenvalue weighted by molar-refractivity contribution is 7.93. The van der Waals surface area contributed by atoms with Crippen LogP contribution in [0.5, 0.6) is 0 Å². The first-order valence-corrected chi connectivity index (χ1v) is 7.01. The Morgan fingerprint density at radius 3 is 2.67 bits per heavy atom. The number of ether oxygens (including phenoxy) is 1. The van der Waals surface area contributed by atoms with Gasteiger partial charge in [0, 0.05) is 11.4 Å². The second kappa shape index (κ2) is 5.72. The molecule has 0 aliphatic rings. The van der Waals surface area contributed by atoms with Crippen molar-refractivity contribution in [3.63, 3.8) is 0 Å². The van der Waals surface area contributed by atoms with Crippen molar-refractivity contribution < 1.29 is 17.9 Å². The van der Waals surface area contributed by atoms with Gasteiger partial charge in [0.05, 0.1) is 6.61 Å². The predicted molar refractivity (Wildman–Crippen MR) is 69.6 cm³/mol. The lowest BCUT2D eigenvalue weighted by Crippen LogP contribution is -2.24. The summed E-state index contributed by atoms with van der Waals surface area (Å²) in [6, 6.07) is 4.72.